The largest absolute Gasteiger partial charge is 0.396 e. The summed E-state index contributed by atoms with van der Waals surface area (Å²) in [6.07, 6.45) is 0.243. The van der Waals surface area contributed by atoms with Crippen LogP contribution in [0.5, 0.6) is 0 Å². The van der Waals surface area contributed by atoms with Gasteiger partial charge in [-0.25, -0.2) is 17.6 Å². The van der Waals surface area contributed by atoms with Crippen LogP contribution in [0.1, 0.15) is 18.4 Å². The molecule has 0 bridgehead atoms. The van der Waals surface area contributed by atoms with Gasteiger partial charge in [-0.1, -0.05) is 6.58 Å². The van der Waals surface area contributed by atoms with Crippen molar-refractivity contribution in [3.05, 3.63) is 65.7 Å². The van der Waals surface area contributed by atoms with Gasteiger partial charge in [0.05, 0.1) is 11.8 Å². The highest BCUT2D eigenvalue weighted by atomic mass is 19.2. The number of benzene rings is 2. The minimum absolute atomic E-state index is 0.0269. The molecule has 3 N–H and O–H groups in total. The van der Waals surface area contributed by atoms with Crippen LogP contribution in [-0.4, -0.2) is 36.0 Å². The third-order valence-corrected chi connectivity index (χ3v) is 5.16. The molecule has 0 amide bonds. The molecule has 0 spiro atoms. The molecule has 2 aromatic carbocycles. The Balaban J connectivity index is 1.80. The van der Waals surface area contributed by atoms with Crippen LogP contribution >= 0.6 is 0 Å². The molecule has 1 aliphatic heterocycles. The lowest BCUT2D eigenvalue weighted by molar-refractivity contribution is 0.0655. The lowest BCUT2D eigenvalue weighted by Gasteiger charge is -2.24. The zero-order chi connectivity index (χ0) is 21.1. The lowest BCUT2D eigenvalue weighted by atomic mass is 9.99. The summed E-state index contributed by atoms with van der Waals surface area (Å²) >= 11 is 0. The number of aliphatic hydroxyl groups excluding tert-OH is 2. The van der Waals surface area contributed by atoms with Gasteiger partial charge >= 0.3 is 0 Å². The molecule has 0 radical (unpaired) electrons. The highest BCUT2D eigenvalue weighted by Crippen LogP contribution is 2.29. The summed E-state index contributed by atoms with van der Waals surface area (Å²) < 4.78 is 54.4. The van der Waals surface area contributed by atoms with E-state index in [1.165, 1.54) is 12.1 Å². The standard InChI is InChI=1S/C21H22F4N2O2/c1-12(26-15-9-17(23)21(25)18(24)10-15)13-2-3-16(22)19(8-13)27-6-4-14(11-28)20(29)5-7-27/h2-3,8-10,14,20,26,28-29H,1,4-7,11H2. The predicted molar refractivity (Wildman–Crippen MR) is 103 cm³/mol. The zero-order valence-electron chi connectivity index (χ0n) is 15.6. The van der Waals surface area contributed by atoms with Crippen molar-refractivity contribution in [2.24, 2.45) is 5.92 Å². The monoisotopic (exact) mass is 410 g/mol. The molecule has 29 heavy (non-hydrogen) atoms. The highest BCUT2D eigenvalue weighted by molar-refractivity contribution is 5.77. The van der Waals surface area contributed by atoms with Gasteiger partial charge in [-0.3, -0.25) is 0 Å². The third-order valence-electron chi connectivity index (χ3n) is 5.16. The van der Waals surface area contributed by atoms with E-state index >= 15 is 0 Å². The first kappa shape index (κ1) is 21.1. The van der Waals surface area contributed by atoms with Crippen LogP contribution in [-0.2, 0) is 0 Å². The summed E-state index contributed by atoms with van der Waals surface area (Å²) in [4.78, 5) is 1.78. The second-order valence-corrected chi connectivity index (χ2v) is 7.10. The van der Waals surface area contributed by atoms with Crippen LogP contribution in [0.25, 0.3) is 5.70 Å². The molecule has 0 aliphatic carbocycles. The van der Waals surface area contributed by atoms with Gasteiger partial charge in [0.2, 0.25) is 0 Å². The summed E-state index contributed by atoms with van der Waals surface area (Å²) in [6, 6.07) is 5.88. The molecule has 0 saturated carbocycles. The summed E-state index contributed by atoms with van der Waals surface area (Å²) in [6.45, 7) is 4.54. The second-order valence-electron chi connectivity index (χ2n) is 7.10. The van der Waals surface area contributed by atoms with Crippen molar-refractivity contribution in [2.45, 2.75) is 18.9 Å². The Morgan fingerprint density at radius 1 is 1.03 bits per heavy atom. The number of rotatable bonds is 5. The minimum atomic E-state index is -1.56. The first-order valence-corrected chi connectivity index (χ1v) is 9.24. The Labute approximate surface area is 166 Å². The zero-order valence-corrected chi connectivity index (χ0v) is 15.6. The molecule has 0 aromatic heterocycles. The molecule has 1 aliphatic rings. The number of halogens is 4. The first-order chi connectivity index (χ1) is 13.8. The molecule has 1 fully saturated rings. The van der Waals surface area contributed by atoms with Crippen molar-refractivity contribution >= 4 is 17.1 Å². The van der Waals surface area contributed by atoms with E-state index in [4.69, 9.17) is 0 Å². The molecule has 1 heterocycles. The van der Waals surface area contributed by atoms with E-state index in [0.717, 1.165) is 12.1 Å². The topological polar surface area (TPSA) is 55.7 Å². The van der Waals surface area contributed by atoms with Crippen molar-refractivity contribution in [2.75, 3.05) is 29.9 Å². The molecule has 2 unspecified atom stereocenters. The van der Waals surface area contributed by atoms with Crippen LogP contribution in [0, 0.1) is 29.2 Å². The van der Waals surface area contributed by atoms with Crippen LogP contribution < -0.4 is 10.2 Å². The average Bonchev–Trinajstić information content (AvgIpc) is 2.87. The fraction of sp³-hybridized carbons (Fsp3) is 0.333. The molecular formula is C21H22F4N2O2. The van der Waals surface area contributed by atoms with E-state index < -0.39 is 29.4 Å². The van der Waals surface area contributed by atoms with Crippen LogP contribution in [0.2, 0.25) is 0 Å². The fourth-order valence-corrected chi connectivity index (χ4v) is 3.42. The summed E-state index contributed by atoms with van der Waals surface area (Å²) in [7, 11) is 0. The van der Waals surface area contributed by atoms with E-state index in [1.807, 2.05) is 0 Å². The van der Waals surface area contributed by atoms with E-state index in [-0.39, 0.29) is 23.9 Å². The van der Waals surface area contributed by atoms with Gasteiger partial charge in [-0.2, -0.15) is 0 Å². The Morgan fingerprint density at radius 3 is 2.34 bits per heavy atom. The number of aliphatic hydroxyl groups is 2. The van der Waals surface area contributed by atoms with E-state index in [9.17, 15) is 27.8 Å². The number of hydrogen-bond donors (Lipinski definition) is 3. The van der Waals surface area contributed by atoms with E-state index in [2.05, 4.69) is 11.9 Å². The highest BCUT2D eigenvalue weighted by Gasteiger charge is 2.25. The normalized spacial score (nSPS) is 19.7. The summed E-state index contributed by atoms with van der Waals surface area (Å²) in [5, 5.41) is 22.1. The van der Waals surface area contributed by atoms with Gasteiger partial charge < -0.3 is 20.4 Å². The Hall–Kier alpha value is -2.58. The first-order valence-electron chi connectivity index (χ1n) is 9.24. The minimum Gasteiger partial charge on any atom is -0.396 e. The van der Waals surface area contributed by atoms with Gasteiger partial charge in [0.15, 0.2) is 17.5 Å². The van der Waals surface area contributed by atoms with Crippen molar-refractivity contribution in [1.29, 1.82) is 0 Å². The fourth-order valence-electron chi connectivity index (χ4n) is 3.42. The number of nitrogens with one attached hydrogen (secondary N) is 1. The van der Waals surface area contributed by atoms with Gasteiger partial charge in [0.1, 0.15) is 5.82 Å². The molecule has 3 rings (SSSR count). The Bertz CT molecular complexity index is 883. The number of hydrogen-bond acceptors (Lipinski definition) is 4. The number of nitrogens with zero attached hydrogens (tertiary/aromatic N) is 1. The lowest BCUT2D eigenvalue weighted by Crippen LogP contribution is -2.25. The van der Waals surface area contributed by atoms with Crippen LogP contribution in [0.15, 0.2) is 36.9 Å². The van der Waals surface area contributed by atoms with Gasteiger partial charge in [0, 0.05) is 49.1 Å². The summed E-state index contributed by atoms with van der Waals surface area (Å²) in [5.41, 5.74) is 1.00. The molecule has 8 heteroatoms. The van der Waals surface area contributed by atoms with Crippen LogP contribution in [0.4, 0.5) is 28.9 Å². The smallest absolute Gasteiger partial charge is 0.194 e. The summed E-state index contributed by atoms with van der Waals surface area (Å²) in [5.74, 6) is -4.94. The van der Waals surface area contributed by atoms with Crippen molar-refractivity contribution < 1.29 is 27.8 Å². The maximum Gasteiger partial charge on any atom is 0.194 e. The molecule has 156 valence electrons. The number of anilines is 2. The average molecular weight is 410 g/mol. The van der Waals surface area contributed by atoms with Gasteiger partial charge in [-0.15, -0.1) is 0 Å². The molecule has 2 atom stereocenters. The van der Waals surface area contributed by atoms with Crippen molar-refractivity contribution in [3.63, 3.8) is 0 Å². The van der Waals surface area contributed by atoms with E-state index in [1.54, 1.807) is 11.0 Å². The predicted octanol–water partition coefficient (Wildman–Crippen LogP) is 3.90. The molecule has 1 saturated heterocycles. The third kappa shape index (κ3) is 4.71. The molecule has 2 aromatic rings. The van der Waals surface area contributed by atoms with Gasteiger partial charge in [-0.05, 0) is 36.6 Å². The SMILES string of the molecule is C=C(Nc1cc(F)c(F)c(F)c1)c1ccc(F)c(N2CCC(O)C(CO)CC2)c1. The maximum atomic E-state index is 14.5. The Morgan fingerprint density at radius 2 is 1.69 bits per heavy atom. The van der Waals surface area contributed by atoms with Gasteiger partial charge in [0.25, 0.3) is 0 Å². The van der Waals surface area contributed by atoms with Crippen molar-refractivity contribution in [3.8, 4) is 0 Å². The molecule has 4 nitrogen and oxygen atoms in total. The Kier molecular flexibility index (Phi) is 6.44. The van der Waals surface area contributed by atoms with Crippen LogP contribution in [0.3, 0.4) is 0 Å². The quantitative estimate of drug-likeness (QED) is 0.517. The maximum absolute atomic E-state index is 14.5. The second kappa shape index (κ2) is 8.84. The van der Waals surface area contributed by atoms with Crippen molar-refractivity contribution in [1.82, 2.24) is 0 Å². The molecular weight excluding hydrogens is 388 g/mol. The van der Waals surface area contributed by atoms with E-state index in [0.29, 0.717) is 37.2 Å².